The first kappa shape index (κ1) is 13.6. The second-order valence-corrected chi connectivity index (χ2v) is 6.09. The molecule has 2 nitrogen and oxygen atoms in total. The van der Waals surface area contributed by atoms with Gasteiger partial charge >= 0.3 is 5.97 Å². The molecule has 0 unspecified atom stereocenters. The number of benzene rings is 1. The van der Waals surface area contributed by atoms with Crippen molar-refractivity contribution in [2.24, 2.45) is 5.41 Å². The van der Waals surface area contributed by atoms with E-state index in [2.05, 4.69) is 15.9 Å². The molecular weight excluding hydrogens is 288 g/mol. The maximum Gasteiger partial charge on any atom is 0.312 e. The number of thioether (sulfide) groups is 1. The summed E-state index contributed by atoms with van der Waals surface area (Å²) < 4.78 is 5.82. The van der Waals surface area contributed by atoms with Crippen molar-refractivity contribution in [2.75, 3.05) is 12.9 Å². The number of rotatable bonds is 4. The van der Waals surface area contributed by atoms with Gasteiger partial charge in [0.1, 0.15) is 0 Å². The van der Waals surface area contributed by atoms with E-state index in [1.54, 1.807) is 11.8 Å². The van der Waals surface area contributed by atoms with E-state index >= 15 is 0 Å². The van der Waals surface area contributed by atoms with Crippen LogP contribution in [0.3, 0.4) is 0 Å². The van der Waals surface area contributed by atoms with Crippen LogP contribution in [0.15, 0.2) is 33.6 Å². The van der Waals surface area contributed by atoms with Crippen LogP contribution >= 0.6 is 27.7 Å². The van der Waals surface area contributed by atoms with Gasteiger partial charge in [-0.15, -0.1) is 11.8 Å². The van der Waals surface area contributed by atoms with Crippen LogP contribution in [0.2, 0.25) is 0 Å². The minimum atomic E-state index is -0.457. The van der Waals surface area contributed by atoms with Gasteiger partial charge in [0.05, 0.1) is 12.5 Å². The van der Waals surface area contributed by atoms with Crippen molar-refractivity contribution < 1.29 is 9.53 Å². The quantitative estimate of drug-likeness (QED) is 0.626. The van der Waals surface area contributed by atoms with E-state index in [0.29, 0.717) is 5.75 Å². The molecule has 0 amide bonds. The van der Waals surface area contributed by atoms with Gasteiger partial charge in [-0.1, -0.05) is 22.0 Å². The summed E-state index contributed by atoms with van der Waals surface area (Å²) in [4.78, 5) is 12.6. The Morgan fingerprint density at radius 2 is 2.19 bits per heavy atom. The molecule has 0 bridgehead atoms. The van der Waals surface area contributed by atoms with Gasteiger partial charge in [-0.3, -0.25) is 4.79 Å². The van der Waals surface area contributed by atoms with Gasteiger partial charge in [-0.2, -0.15) is 0 Å². The van der Waals surface area contributed by atoms with Crippen molar-refractivity contribution in [3.05, 3.63) is 28.7 Å². The Kier molecular flexibility index (Phi) is 4.87. The first-order valence-electron chi connectivity index (χ1n) is 4.92. The summed E-state index contributed by atoms with van der Waals surface area (Å²) in [6, 6.07) is 8.04. The van der Waals surface area contributed by atoms with Crippen LogP contribution in [0, 0.1) is 5.41 Å². The highest BCUT2D eigenvalue weighted by atomic mass is 79.9. The summed E-state index contributed by atoms with van der Waals surface area (Å²) in [5, 5.41) is 0. The molecule has 88 valence electrons. The molecule has 0 atom stereocenters. The van der Waals surface area contributed by atoms with Gasteiger partial charge in [0.15, 0.2) is 0 Å². The lowest BCUT2D eigenvalue weighted by atomic mass is 9.97. The Balaban J connectivity index is 2.61. The monoisotopic (exact) mass is 302 g/mol. The van der Waals surface area contributed by atoms with Crippen LogP contribution in [-0.2, 0) is 9.53 Å². The van der Waals surface area contributed by atoms with Crippen molar-refractivity contribution >= 4 is 33.7 Å². The smallest absolute Gasteiger partial charge is 0.312 e. The van der Waals surface area contributed by atoms with Crippen LogP contribution in [0.5, 0.6) is 0 Å². The molecule has 0 N–H and O–H groups in total. The summed E-state index contributed by atoms with van der Waals surface area (Å²) in [5.74, 6) is 0.533. The highest BCUT2D eigenvalue weighted by Gasteiger charge is 2.28. The number of hydrogen-bond donors (Lipinski definition) is 0. The highest BCUT2D eigenvalue weighted by Crippen LogP contribution is 2.29. The van der Waals surface area contributed by atoms with Gasteiger partial charge < -0.3 is 4.74 Å². The molecule has 0 radical (unpaired) electrons. The number of halogens is 1. The van der Waals surface area contributed by atoms with Crippen LogP contribution in [0.4, 0.5) is 0 Å². The average Bonchev–Trinajstić information content (AvgIpc) is 2.25. The van der Waals surface area contributed by atoms with E-state index < -0.39 is 5.41 Å². The lowest BCUT2D eigenvalue weighted by molar-refractivity contribution is -0.149. The predicted octanol–water partition coefficient (Wildman–Crippen LogP) is 3.74. The molecule has 1 rings (SSSR count). The van der Waals surface area contributed by atoms with Gasteiger partial charge in [-0.05, 0) is 32.0 Å². The lowest BCUT2D eigenvalue weighted by Crippen LogP contribution is -2.28. The first-order valence-corrected chi connectivity index (χ1v) is 6.70. The maximum atomic E-state index is 11.5. The lowest BCUT2D eigenvalue weighted by Gasteiger charge is -2.20. The van der Waals surface area contributed by atoms with Gasteiger partial charge in [0.25, 0.3) is 0 Å². The molecule has 0 aromatic heterocycles. The zero-order chi connectivity index (χ0) is 12.2. The normalized spacial score (nSPS) is 11.2. The number of hydrogen-bond acceptors (Lipinski definition) is 3. The molecule has 0 aliphatic heterocycles. The van der Waals surface area contributed by atoms with E-state index in [1.807, 2.05) is 38.1 Å². The van der Waals surface area contributed by atoms with E-state index in [9.17, 15) is 4.79 Å². The van der Waals surface area contributed by atoms with E-state index in [4.69, 9.17) is 4.74 Å². The second kappa shape index (κ2) is 5.73. The standard InChI is InChI=1S/C12H15BrO2S/c1-12(2,11(14)15-3)8-16-10-6-4-5-9(13)7-10/h4-7H,8H2,1-3H3. The molecule has 1 aromatic rings. The Morgan fingerprint density at radius 1 is 1.50 bits per heavy atom. The first-order chi connectivity index (χ1) is 7.45. The number of methoxy groups -OCH3 is 1. The van der Waals surface area contributed by atoms with E-state index in [-0.39, 0.29) is 5.97 Å². The minimum absolute atomic E-state index is 0.171. The Labute approximate surface area is 109 Å². The third-order valence-electron chi connectivity index (χ3n) is 2.13. The summed E-state index contributed by atoms with van der Waals surface area (Å²) in [7, 11) is 1.42. The molecule has 16 heavy (non-hydrogen) atoms. The van der Waals surface area contributed by atoms with Crippen molar-refractivity contribution in [3.63, 3.8) is 0 Å². The van der Waals surface area contributed by atoms with Crippen molar-refractivity contribution in [3.8, 4) is 0 Å². The van der Waals surface area contributed by atoms with Crippen molar-refractivity contribution in [2.45, 2.75) is 18.7 Å². The molecule has 0 heterocycles. The van der Waals surface area contributed by atoms with Gasteiger partial charge in [0, 0.05) is 15.1 Å². The third kappa shape index (κ3) is 3.83. The maximum absolute atomic E-state index is 11.5. The fourth-order valence-electron chi connectivity index (χ4n) is 1.16. The fourth-order valence-corrected chi connectivity index (χ4v) is 2.74. The SMILES string of the molecule is COC(=O)C(C)(C)CSc1cccc(Br)c1. The topological polar surface area (TPSA) is 26.3 Å². The summed E-state index contributed by atoms with van der Waals surface area (Å²) in [5.41, 5.74) is -0.457. The Morgan fingerprint density at radius 3 is 2.75 bits per heavy atom. The van der Waals surface area contributed by atoms with Crippen LogP contribution in [0.1, 0.15) is 13.8 Å². The Hall–Kier alpha value is -0.480. The van der Waals surface area contributed by atoms with Crippen molar-refractivity contribution in [1.82, 2.24) is 0 Å². The molecule has 0 saturated heterocycles. The van der Waals surface area contributed by atoms with E-state index in [0.717, 1.165) is 9.37 Å². The molecule has 0 fully saturated rings. The zero-order valence-electron chi connectivity index (χ0n) is 9.62. The molecule has 1 aromatic carbocycles. The summed E-state index contributed by atoms with van der Waals surface area (Å²) in [6.45, 7) is 3.79. The number of ether oxygens (including phenoxy) is 1. The van der Waals surface area contributed by atoms with E-state index in [1.165, 1.54) is 7.11 Å². The molecular formula is C12H15BrO2S. The molecule has 0 saturated carbocycles. The number of carbonyl (C=O) groups excluding carboxylic acids is 1. The van der Waals surface area contributed by atoms with Crippen LogP contribution in [0.25, 0.3) is 0 Å². The number of esters is 1. The van der Waals surface area contributed by atoms with Gasteiger partial charge in [-0.25, -0.2) is 0 Å². The largest absolute Gasteiger partial charge is 0.469 e. The molecule has 0 aliphatic carbocycles. The molecule has 0 spiro atoms. The van der Waals surface area contributed by atoms with Crippen LogP contribution < -0.4 is 0 Å². The Bertz CT molecular complexity index is 377. The second-order valence-electron chi connectivity index (χ2n) is 4.12. The molecule has 0 aliphatic rings. The predicted molar refractivity (Wildman–Crippen MR) is 70.7 cm³/mol. The third-order valence-corrected chi connectivity index (χ3v) is 4.08. The number of carbonyl (C=O) groups is 1. The molecule has 4 heteroatoms. The van der Waals surface area contributed by atoms with Gasteiger partial charge in [0.2, 0.25) is 0 Å². The average molecular weight is 303 g/mol. The fraction of sp³-hybridized carbons (Fsp3) is 0.417. The summed E-state index contributed by atoms with van der Waals surface area (Å²) in [6.07, 6.45) is 0. The zero-order valence-corrected chi connectivity index (χ0v) is 12.0. The minimum Gasteiger partial charge on any atom is -0.469 e. The van der Waals surface area contributed by atoms with Crippen LogP contribution in [-0.4, -0.2) is 18.8 Å². The summed E-state index contributed by atoms with van der Waals surface area (Å²) >= 11 is 5.07. The highest BCUT2D eigenvalue weighted by molar-refractivity contribution is 9.10. The van der Waals surface area contributed by atoms with Crippen molar-refractivity contribution in [1.29, 1.82) is 0 Å².